The molecule has 0 unspecified atom stereocenters. The highest BCUT2D eigenvalue weighted by Crippen LogP contribution is 2.40. The number of phenolic OH excluding ortho intramolecular Hbond substituents is 2. The third-order valence-corrected chi connectivity index (χ3v) is 2.57. The van der Waals surface area contributed by atoms with Crippen molar-refractivity contribution in [2.75, 3.05) is 0 Å². The van der Waals surface area contributed by atoms with Crippen LogP contribution < -0.4 is 0 Å². The minimum absolute atomic E-state index is 0.176. The predicted octanol–water partition coefficient (Wildman–Crippen LogP) is 3.18. The van der Waals surface area contributed by atoms with E-state index in [0.29, 0.717) is 5.56 Å². The molecule has 0 bridgehead atoms. The molecule has 1 aromatic rings. The van der Waals surface area contributed by atoms with Gasteiger partial charge in [0.1, 0.15) is 11.5 Å². The Balaban J connectivity index is 3.17. The molecule has 0 aromatic heterocycles. The Morgan fingerprint density at radius 2 is 1.64 bits per heavy atom. The molecule has 1 aromatic carbocycles. The zero-order valence-electron chi connectivity index (χ0n) is 9.04. The van der Waals surface area contributed by atoms with Gasteiger partial charge in [-0.15, -0.1) is 0 Å². The van der Waals surface area contributed by atoms with Gasteiger partial charge in [-0.05, 0) is 24.0 Å². The maximum Gasteiger partial charge on any atom is 0.123 e. The lowest BCUT2D eigenvalue weighted by Gasteiger charge is -2.26. The number of hydrogen-bond donors (Lipinski definition) is 2. The first-order chi connectivity index (χ1) is 6.49. The van der Waals surface area contributed by atoms with Crippen molar-refractivity contribution in [2.45, 2.75) is 39.0 Å². The summed E-state index contributed by atoms with van der Waals surface area (Å²) in [6, 6.07) is 4.88. The van der Waals surface area contributed by atoms with Crippen molar-refractivity contribution < 1.29 is 10.2 Å². The van der Waals surface area contributed by atoms with Crippen molar-refractivity contribution in [1.82, 2.24) is 0 Å². The molecule has 14 heavy (non-hydrogen) atoms. The summed E-state index contributed by atoms with van der Waals surface area (Å²) in [7, 11) is 0. The summed E-state index contributed by atoms with van der Waals surface area (Å²) in [6.45, 7) is 6.16. The molecule has 0 radical (unpaired) electrons. The molecular weight excluding hydrogens is 176 g/mol. The highest BCUT2D eigenvalue weighted by molar-refractivity contribution is 5.47. The van der Waals surface area contributed by atoms with Gasteiger partial charge < -0.3 is 10.2 Å². The molecule has 78 valence electrons. The first-order valence-electron chi connectivity index (χ1n) is 5.00. The van der Waals surface area contributed by atoms with Crippen LogP contribution in [0.2, 0.25) is 0 Å². The first-order valence-corrected chi connectivity index (χ1v) is 5.00. The van der Waals surface area contributed by atoms with Gasteiger partial charge in [0.15, 0.2) is 0 Å². The number of hydrogen-bond acceptors (Lipinski definition) is 2. The average Bonchev–Trinajstić information content (AvgIpc) is 2.02. The molecule has 0 heterocycles. The molecule has 0 spiro atoms. The minimum Gasteiger partial charge on any atom is -0.508 e. The van der Waals surface area contributed by atoms with Gasteiger partial charge in [-0.2, -0.15) is 0 Å². The molecule has 0 fully saturated rings. The fraction of sp³-hybridized carbons (Fsp3) is 0.500. The molecule has 2 N–H and O–H groups in total. The third-order valence-electron chi connectivity index (χ3n) is 2.57. The van der Waals surface area contributed by atoms with Gasteiger partial charge in [0.05, 0.1) is 0 Å². The normalized spacial score (nSPS) is 11.6. The molecule has 2 heteroatoms. The van der Waals surface area contributed by atoms with Crippen LogP contribution in [0.5, 0.6) is 11.5 Å². The van der Waals surface area contributed by atoms with E-state index >= 15 is 0 Å². The fourth-order valence-electron chi connectivity index (χ4n) is 1.97. The molecule has 0 saturated heterocycles. The maximum atomic E-state index is 9.69. The number of aromatic hydroxyl groups is 2. The molecular formula is C12H18O2. The summed E-state index contributed by atoms with van der Waals surface area (Å²) >= 11 is 0. The topological polar surface area (TPSA) is 40.5 Å². The predicted molar refractivity (Wildman–Crippen MR) is 57.7 cm³/mol. The van der Waals surface area contributed by atoms with Crippen LogP contribution in [0, 0.1) is 0 Å². The van der Waals surface area contributed by atoms with E-state index < -0.39 is 0 Å². The van der Waals surface area contributed by atoms with Crippen LogP contribution in [0.4, 0.5) is 0 Å². The summed E-state index contributed by atoms with van der Waals surface area (Å²) in [4.78, 5) is 0. The van der Waals surface area contributed by atoms with E-state index in [0.717, 1.165) is 12.8 Å². The molecule has 0 saturated carbocycles. The van der Waals surface area contributed by atoms with Crippen molar-refractivity contribution in [3.05, 3.63) is 23.8 Å². The zero-order chi connectivity index (χ0) is 10.8. The molecule has 0 atom stereocenters. The highest BCUT2D eigenvalue weighted by atomic mass is 16.3. The van der Waals surface area contributed by atoms with Crippen LogP contribution in [0.3, 0.4) is 0 Å². The number of benzene rings is 1. The summed E-state index contributed by atoms with van der Waals surface area (Å²) in [5.41, 5.74) is 0.478. The summed E-state index contributed by atoms with van der Waals surface area (Å²) in [5.74, 6) is 0.368. The van der Waals surface area contributed by atoms with E-state index in [1.165, 1.54) is 0 Å². The second-order valence-electron chi connectivity index (χ2n) is 4.31. The molecule has 1 rings (SSSR count). The van der Waals surface area contributed by atoms with Crippen molar-refractivity contribution in [3.63, 3.8) is 0 Å². The van der Waals surface area contributed by atoms with Crippen molar-refractivity contribution in [1.29, 1.82) is 0 Å². The third kappa shape index (κ3) is 2.00. The molecule has 2 nitrogen and oxygen atoms in total. The van der Waals surface area contributed by atoms with Crippen molar-refractivity contribution in [2.24, 2.45) is 0 Å². The summed E-state index contributed by atoms with van der Waals surface area (Å²) < 4.78 is 0. The summed E-state index contributed by atoms with van der Waals surface area (Å²) in [6.07, 6.45) is 1.97. The quantitative estimate of drug-likeness (QED) is 0.775. The summed E-state index contributed by atoms with van der Waals surface area (Å²) in [5, 5.41) is 19.4. The standard InChI is InChI=1S/C12H18O2/c1-4-8-12(2,3)11-9(13)6-5-7-10(11)14/h5-7,13-14H,4,8H2,1-3H3. The van der Waals surface area contributed by atoms with E-state index in [2.05, 4.69) is 6.92 Å². The van der Waals surface area contributed by atoms with Crippen molar-refractivity contribution >= 4 is 0 Å². The second kappa shape index (κ2) is 3.91. The Kier molecular flexibility index (Phi) is 3.04. The Morgan fingerprint density at radius 1 is 1.14 bits per heavy atom. The number of phenols is 2. The van der Waals surface area contributed by atoms with Crippen LogP contribution in [0.15, 0.2) is 18.2 Å². The lowest BCUT2D eigenvalue weighted by Crippen LogP contribution is -2.16. The van der Waals surface area contributed by atoms with Gasteiger partial charge in [0.2, 0.25) is 0 Å². The van der Waals surface area contributed by atoms with Crippen LogP contribution in [-0.2, 0) is 5.41 Å². The molecule has 0 amide bonds. The smallest absolute Gasteiger partial charge is 0.123 e. The van der Waals surface area contributed by atoms with Crippen LogP contribution in [0.25, 0.3) is 0 Å². The van der Waals surface area contributed by atoms with Crippen molar-refractivity contribution in [3.8, 4) is 11.5 Å². The molecule has 0 aliphatic heterocycles. The Morgan fingerprint density at radius 3 is 2.07 bits per heavy atom. The highest BCUT2D eigenvalue weighted by Gasteiger charge is 2.25. The van der Waals surface area contributed by atoms with Gasteiger partial charge in [-0.1, -0.05) is 33.3 Å². The van der Waals surface area contributed by atoms with Gasteiger partial charge >= 0.3 is 0 Å². The Labute approximate surface area is 85.2 Å². The average molecular weight is 194 g/mol. The first kappa shape index (κ1) is 10.9. The van der Waals surface area contributed by atoms with E-state index in [-0.39, 0.29) is 16.9 Å². The van der Waals surface area contributed by atoms with Crippen LogP contribution >= 0.6 is 0 Å². The lowest BCUT2D eigenvalue weighted by molar-refractivity contribution is 0.385. The lowest BCUT2D eigenvalue weighted by atomic mass is 9.79. The van der Waals surface area contributed by atoms with Gasteiger partial charge in [-0.3, -0.25) is 0 Å². The van der Waals surface area contributed by atoms with Crippen LogP contribution in [-0.4, -0.2) is 10.2 Å². The molecule has 0 aliphatic rings. The fourth-order valence-corrected chi connectivity index (χ4v) is 1.97. The van der Waals surface area contributed by atoms with Gasteiger partial charge in [-0.25, -0.2) is 0 Å². The second-order valence-corrected chi connectivity index (χ2v) is 4.31. The minimum atomic E-state index is -0.176. The number of rotatable bonds is 3. The zero-order valence-corrected chi connectivity index (χ0v) is 9.04. The maximum absolute atomic E-state index is 9.69. The van der Waals surface area contributed by atoms with E-state index in [4.69, 9.17) is 0 Å². The monoisotopic (exact) mass is 194 g/mol. The SMILES string of the molecule is CCCC(C)(C)c1c(O)cccc1O. The van der Waals surface area contributed by atoms with E-state index in [9.17, 15) is 10.2 Å². The largest absolute Gasteiger partial charge is 0.508 e. The van der Waals surface area contributed by atoms with Gasteiger partial charge in [0, 0.05) is 5.56 Å². The van der Waals surface area contributed by atoms with Crippen LogP contribution in [0.1, 0.15) is 39.2 Å². The van der Waals surface area contributed by atoms with E-state index in [1.54, 1.807) is 18.2 Å². The Hall–Kier alpha value is -1.18. The Bertz CT molecular complexity index is 296. The van der Waals surface area contributed by atoms with Gasteiger partial charge in [0.25, 0.3) is 0 Å². The molecule has 0 aliphatic carbocycles. The van der Waals surface area contributed by atoms with E-state index in [1.807, 2.05) is 13.8 Å².